The van der Waals surface area contributed by atoms with Crippen molar-refractivity contribution in [2.45, 2.75) is 63.8 Å². The van der Waals surface area contributed by atoms with Gasteiger partial charge in [0.1, 0.15) is 12.4 Å². The molecule has 34 heavy (non-hydrogen) atoms. The average Bonchev–Trinajstić information content (AvgIpc) is 3.54. The van der Waals surface area contributed by atoms with Gasteiger partial charge in [-0.05, 0) is 54.9 Å². The third-order valence-electron chi connectivity index (χ3n) is 8.19. The lowest BCUT2D eigenvalue weighted by Crippen LogP contribution is -2.45. The third kappa shape index (κ3) is 2.50. The average molecular weight is 461 g/mol. The molecule has 1 fully saturated rings. The molecular formula is C26H24FN3O4. The molecule has 1 unspecified atom stereocenters. The van der Waals surface area contributed by atoms with Crippen LogP contribution >= 0.6 is 0 Å². The first-order valence-corrected chi connectivity index (χ1v) is 11.8. The van der Waals surface area contributed by atoms with Gasteiger partial charge in [-0.1, -0.05) is 12.8 Å². The molecule has 8 heteroatoms. The maximum Gasteiger partial charge on any atom is 0.343 e. The van der Waals surface area contributed by atoms with E-state index < -0.39 is 11.6 Å². The van der Waals surface area contributed by atoms with E-state index in [1.54, 1.807) is 17.6 Å². The van der Waals surface area contributed by atoms with Crippen molar-refractivity contribution < 1.29 is 19.0 Å². The zero-order valence-electron chi connectivity index (χ0n) is 18.8. The molecule has 0 bridgehead atoms. The number of cyclic esters (lactones) is 1. The number of hydrogen-bond acceptors (Lipinski definition) is 6. The van der Waals surface area contributed by atoms with Crippen LogP contribution in [0.15, 0.2) is 16.9 Å². The van der Waals surface area contributed by atoms with Crippen molar-refractivity contribution in [3.8, 4) is 11.4 Å². The van der Waals surface area contributed by atoms with Gasteiger partial charge in [-0.3, -0.25) is 4.79 Å². The summed E-state index contributed by atoms with van der Waals surface area (Å²) in [7, 11) is 0. The highest BCUT2D eigenvalue weighted by Crippen LogP contribution is 2.47. The molecule has 4 heterocycles. The number of benzene rings is 1. The van der Waals surface area contributed by atoms with Gasteiger partial charge in [0.05, 0.1) is 29.0 Å². The van der Waals surface area contributed by atoms with E-state index in [1.807, 2.05) is 0 Å². The monoisotopic (exact) mass is 461 g/mol. The summed E-state index contributed by atoms with van der Waals surface area (Å²) in [6.45, 7) is 1.92. The van der Waals surface area contributed by atoms with Crippen LogP contribution in [0.2, 0.25) is 0 Å². The second-order valence-electron chi connectivity index (χ2n) is 10.3. The Morgan fingerprint density at radius 2 is 2.03 bits per heavy atom. The van der Waals surface area contributed by atoms with Crippen molar-refractivity contribution in [1.82, 2.24) is 9.55 Å². The fourth-order valence-electron chi connectivity index (χ4n) is 6.19. The molecule has 1 aromatic carbocycles. The molecule has 0 saturated heterocycles. The first-order chi connectivity index (χ1) is 16.3. The van der Waals surface area contributed by atoms with Crippen LogP contribution in [-0.2, 0) is 34.7 Å². The van der Waals surface area contributed by atoms with Gasteiger partial charge in [-0.2, -0.15) is 0 Å². The largest absolute Gasteiger partial charge is 0.458 e. The molecule has 3 aromatic rings. The van der Waals surface area contributed by atoms with E-state index in [9.17, 15) is 19.1 Å². The highest BCUT2D eigenvalue weighted by atomic mass is 19.1. The van der Waals surface area contributed by atoms with Gasteiger partial charge in [0.15, 0.2) is 5.60 Å². The number of carbonyl (C=O) groups excluding carboxylic acids is 1. The number of aliphatic hydroxyl groups is 1. The van der Waals surface area contributed by atoms with Gasteiger partial charge in [-0.15, -0.1) is 0 Å². The molecule has 0 radical (unpaired) electrons. The molecule has 4 aliphatic rings. The number of fused-ring (bicyclic) bond motifs is 5. The molecule has 2 aromatic heterocycles. The fraction of sp³-hybridized carbons (Fsp3) is 0.423. The van der Waals surface area contributed by atoms with E-state index in [-0.39, 0.29) is 36.4 Å². The van der Waals surface area contributed by atoms with Crippen LogP contribution in [-0.4, -0.2) is 20.6 Å². The number of ether oxygens (including phenoxy) is 1. The Morgan fingerprint density at radius 1 is 1.24 bits per heavy atom. The second-order valence-corrected chi connectivity index (χ2v) is 10.3. The van der Waals surface area contributed by atoms with Crippen molar-refractivity contribution in [3.05, 3.63) is 61.7 Å². The smallest absolute Gasteiger partial charge is 0.343 e. The van der Waals surface area contributed by atoms with Crippen LogP contribution in [0.3, 0.4) is 0 Å². The summed E-state index contributed by atoms with van der Waals surface area (Å²) in [6, 6.07) is 2.92. The van der Waals surface area contributed by atoms with E-state index in [0.717, 1.165) is 34.9 Å². The highest BCUT2D eigenvalue weighted by Gasteiger charge is 2.49. The number of aromatic nitrogens is 2. The number of rotatable bonds is 2. The lowest BCUT2D eigenvalue weighted by molar-refractivity contribution is -0.173. The number of esters is 1. The zero-order chi connectivity index (χ0) is 23.5. The summed E-state index contributed by atoms with van der Waals surface area (Å²) < 4.78 is 21.6. The molecule has 174 valence electrons. The molecule has 2 aliphatic carbocycles. The molecule has 2 aliphatic heterocycles. The van der Waals surface area contributed by atoms with E-state index in [1.165, 1.54) is 6.07 Å². The highest BCUT2D eigenvalue weighted by molar-refractivity contribution is 5.93. The maximum absolute atomic E-state index is 14.7. The Labute approximate surface area is 194 Å². The minimum absolute atomic E-state index is 0.160. The summed E-state index contributed by atoms with van der Waals surface area (Å²) in [5.74, 6) is -0.778. The van der Waals surface area contributed by atoms with Crippen molar-refractivity contribution in [2.75, 3.05) is 0 Å². The Morgan fingerprint density at radius 3 is 2.79 bits per heavy atom. The van der Waals surface area contributed by atoms with Crippen LogP contribution in [0.25, 0.3) is 22.3 Å². The van der Waals surface area contributed by atoms with E-state index >= 15 is 0 Å². The quantitative estimate of drug-likeness (QED) is 0.445. The SMILES string of the molecule is Cc1c(F)cc2nc3c(c4c2c1CCC4N)Cn1c-3cc2c(c1=O)COC(=O)[C@]2(O)CC1CC1. The van der Waals surface area contributed by atoms with Crippen LogP contribution in [0.1, 0.15) is 65.1 Å². The van der Waals surface area contributed by atoms with Gasteiger partial charge in [0.2, 0.25) is 0 Å². The fourth-order valence-corrected chi connectivity index (χ4v) is 6.19. The van der Waals surface area contributed by atoms with Gasteiger partial charge in [0.25, 0.3) is 5.56 Å². The number of halogens is 1. The normalized spacial score (nSPS) is 24.6. The van der Waals surface area contributed by atoms with Crippen LogP contribution in [0.4, 0.5) is 4.39 Å². The minimum Gasteiger partial charge on any atom is -0.458 e. The summed E-state index contributed by atoms with van der Waals surface area (Å²) in [5, 5.41) is 12.3. The Kier molecular flexibility index (Phi) is 3.89. The Hall–Kier alpha value is -3.10. The van der Waals surface area contributed by atoms with E-state index in [0.29, 0.717) is 53.0 Å². The van der Waals surface area contributed by atoms with Crippen molar-refractivity contribution in [3.63, 3.8) is 0 Å². The van der Waals surface area contributed by atoms with Gasteiger partial charge in [-0.25, -0.2) is 14.2 Å². The summed E-state index contributed by atoms with van der Waals surface area (Å²) in [4.78, 5) is 31.1. The van der Waals surface area contributed by atoms with E-state index in [2.05, 4.69) is 0 Å². The summed E-state index contributed by atoms with van der Waals surface area (Å²) >= 11 is 0. The van der Waals surface area contributed by atoms with Crippen molar-refractivity contribution in [1.29, 1.82) is 0 Å². The first-order valence-electron chi connectivity index (χ1n) is 11.8. The van der Waals surface area contributed by atoms with E-state index in [4.69, 9.17) is 15.5 Å². The maximum atomic E-state index is 14.7. The molecule has 1 saturated carbocycles. The van der Waals surface area contributed by atoms with Crippen molar-refractivity contribution >= 4 is 16.9 Å². The lowest BCUT2D eigenvalue weighted by Gasteiger charge is -2.32. The summed E-state index contributed by atoms with van der Waals surface area (Å²) in [5.41, 5.74) is 10.0. The second kappa shape index (κ2) is 6.52. The minimum atomic E-state index is -1.84. The van der Waals surface area contributed by atoms with Gasteiger partial charge >= 0.3 is 5.97 Å². The van der Waals surface area contributed by atoms with Crippen LogP contribution < -0.4 is 11.3 Å². The number of pyridine rings is 2. The molecule has 0 spiro atoms. The number of carbonyl (C=O) groups is 1. The summed E-state index contributed by atoms with van der Waals surface area (Å²) in [6.07, 6.45) is 3.50. The first kappa shape index (κ1) is 20.3. The molecular weight excluding hydrogens is 437 g/mol. The molecule has 2 atom stereocenters. The number of nitrogens with two attached hydrogens (primary N) is 1. The zero-order valence-corrected chi connectivity index (χ0v) is 18.8. The predicted molar refractivity (Wildman–Crippen MR) is 122 cm³/mol. The van der Waals surface area contributed by atoms with Gasteiger partial charge in [0, 0.05) is 28.6 Å². The molecule has 7 nitrogen and oxygen atoms in total. The topological polar surface area (TPSA) is 107 Å². The third-order valence-corrected chi connectivity index (χ3v) is 8.19. The molecule has 3 N–H and O–H groups in total. The number of nitrogens with zero attached hydrogens (tertiary/aromatic N) is 2. The van der Waals surface area contributed by atoms with Gasteiger partial charge < -0.3 is 20.1 Å². The number of aryl methyl sites for hydroxylation is 1. The number of hydrogen-bond donors (Lipinski definition) is 2. The standard InChI is InChI=1S/C26H24FN3O4/c1-11-13-4-5-18(28)21-14-9-30-20(23(14)29-19(22(13)21)7-17(11)27)6-16-15(24(30)31)10-34-25(32)26(16,33)8-12-2-3-12/h6-7,12,18,33H,2-5,8-10,28H2,1H3/t18?,26-/m0/s1. The lowest BCUT2D eigenvalue weighted by atomic mass is 9.82. The predicted octanol–water partition coefficient (Wildman–Crippen LogP) is 2.86. The van der Waals surface area contributed by atoms with Crippen LogP contribution in [0.5, 0.6) is 0 Å². The van der Waals surface area contributed by atoms with Crippen LogP contribution in [0, 0.1) is 18.7 Å². The Balaban J connectivity index is 1.52. The molecule has 0 amide bonds. The Bertz CT molecular complexity index is 1520. The molecule has 7 rings (SSSR count). The van der Waals surface area contributed by atoms with Crippen molar-refractivity contribution in [2.24, 2.45) is 11.7 Å².